The molecule has 0 aliphatic rings. The van der Waals surface area contributed by atoms with E-state index in [1.807, 2.05) is 6.07 Å². The highest BCUT2D eigenvalue weighted by atomic mass is 35.5. The Hall–Kier alpha value is -1.45. The van der Waals surface area contributed by atoms with Crippen molar-refractivity contribution in [1.29, 1.82) is 0 Å². The Kier molecular flexibility index (Phi) is 3.94. The summed E-state index contributed by atoms with van der Waals surface area (Å²) in [5.74, 6) is -0.302. The normalized spacial score (nSPS) is 10.4. The van der Waals surface area contributed by atoms with Gasteiger partial charge >= 0.3 is 5.97 Å². The first-order valence-corrected chi connectivity index (χ1v) is 5.96. The molecule has 0 radical (unpaired) electrons. The topological polar surface area (TPSA) is 39.4 Å². The van der Waals surface area contributed by atoms with Gasteiger partial charge in [0, 0.05) is 22.0 Å². The molecule has 94 valence electrons. The second-order valence-electron chi connectivity index (χ2n) is 3.68. The first-order valence-electron chi connectivity index (χ1n) is 5.20. The molecule has 2 rings (SSSR count). The van der Waals surface area contributed by atoms with Crippen LogP contribution in [0.3, 0.4) is 0 Å². The fraction of sp³-hybridized carbons (Fsp3) is 0.154. The molecule has 5 heteroatoms. The number of methoxy groups -OCH3 is 1. The Morgan fingerprint density at radius 1 is 1.28 bits per heavy atom. The standard InChI is InChI=1S/C13H10Cl2O3/c1-17-13(16)12-9(4-5-18-12)6-8-2-3-10(14)7-11(8)15/h2-5,7H,6H2,1H3. The SMILES string of the molecule is COC(=O)c1occc1Cc1ccc(Cl)cc1Cl. The van der Waals surface area contributed by atoms with Gasteiger partial charge in [0.2, 0.25) is 5.76 Å². The number of carbonyl (C=O) groups is 1. The van der Waals surface area contributed by atoms with Crippen molar-refractivity contribution < 1.29 is 13.9 Å². The quantitative estimate of drug-likeness (QED) is 0.801. The van der Waals surface area contributed by atoms with E-state index >= 15 is 0 Å². The average molecular weight is 285 g/mol. The van der Waals surface area contributed by atoms with E-state index in [9.17, 15) is 4.79 Å². The lowest BCUT2D eigenvalue weighted by molar-refractivity contribution is 0.0563. The second-order valence-corrected chi connectivity index (χ2v) is 4.52. The van der Waals surface area contributed by atoms with Crippen LogP contribution in [-0.4, -0.2) is 13.1 Å². The van der Waals surface area contributed by atoms with E-state index in [-0.39, 0.29) is 5.76 Å². The van der Waals surface area contributed by atoms with Gasteiger partial charge in [0.05, 0.1) is 13.4 Å². The number of hydrogen-bond acceptors (Lipinski definition) is 3. The van der Waals surface area contributed by atoms with Crippen LogP contribution in [0, 0.1) is 0 Å². The van der Waals surface area contributed by atoms with Crippen LogP contribution in [0.15, 0.2) is 34.9 Å². The highest BCUT2D eigenvalue weighted by Gasteiger charge is 2.16. The van der Waals surface area contributed by atoms with Gasteiger partial charge in [-0.25, -0.2) is 4.79 Å². The lowest BCUT2D eigenvalue weighted by atomic mass is 10.1. The van der Waals surface area contributed by atoms with Crippen molar-refractivity contribution in [1.82, 2.24) is 0 Å². The van der Waals surface area contributed by atoms with E-state index in [0.29, 0.717) is 16.5 Å². The Morgan fingerprint density at radius 2 is 2.06 bits per heavy atom. The van der Waals surface area contributed by atoms with Crippen molar-refractivity contribution in [3.8, 4) is 0 Å². The third kappa shape index (κ3) is 2.68. The zero-order valence-corrected chi connectivity index (χ0v) is 11.1. The van der Waals surface area contributed by atoms with Gasteiger partial charge in [-0.15, -0.1) is 0 Å². The molecule has 0 aliphatic carbocycles. The lowest BCUT2D eigenvalue weighted by Crippen LogP contribution is -2.03. The molecule has 0 aliphatic heterocycles. The Balaban J connectivity index is 2.29. The first-order chi connectivity index (χ1) is 8.61. The highest BCUT2D eigenvalue weighted by Crippen LogP contribution is 2.25. The van der Waals surface area contributed by atoms with E-state index in [4.69, 9.17) is 27.6 Å². The minimum Gasteiger partial charge on any atom is -0.463 e. The molecule has 0 fully saturated rings. The molecule has 0 saturated heterocycles. The van der Waals surface area contributed by atoms with Gasteiger partial charge in [0.25, 0.3) is 0 Å². The van der Waals surface area contributed by atoms with Crippen molar-refractivity contribution in [2.24, 2.45) is 0 Å². The lowest BCUT2D eigenvalue weighted by Gasteiger charge is -2.04. The molecule has 18 heavy (non-hydrogen) atoms. The van der Waals surface area contributed by atoms with E-state index in [1.165, 1.54) is 13.4 Å². The van der Waals surface area contributed by atoms with Gasteiger partial charge in [-0.1, -0.05) is 29.3 Å². The summed E-state index contributed by atoms with van der Waals surface area (Å²) in [4.78, 5) is 11.5. The second kappa shape index (κ2) is 5.46. The summed E-state index contributed by atoms with van der Waals surface area (Å²) in [6.45, 7) is 0. The maximum absolute atomic E-state index is 11.5. The molecule has 1 aromatic carbocycles. The number of carbonyl (C=O) groups excluding carboxylic acids is 1. The van der Waals surface area contributed by atoms with Crippen LogP contribution < -0.4 is 0 Å². The summed E-state index contributed by atoms with van der Waals surface area (Å²) in [6, 6.07) is 6.95. The molecule has 0 atom stereocenters. The van der Waals surface area contributed by atoms with Gasteiger partial charge in [-0.2, -0.15) is 0 Å². The summed E-state index contributed by atoms with van der Waals surface area (Å²) in [7, 11) is 1.31. The van der Waals surface area contributed by atoms with E-state index in [0.717, 1.165) is 11.1 Å². The largest absolute Gasteiger partial charge is 0.463 e. The molecule has 0 amide bonds. The number of furan rings is 1. The third-order valence-corrected chi connectivity index (χ3v) is 3.10. The van der Waals surface area contributed by atoms with Crippen LogP contribution in [0.5, 0.6) is 0 Å². The Bertz CT molecular complexity index is 575. The van der Waals surface area contributed by atoms with Crippen LogP contribution >= 0.6 is 23.2 Å². The zero-order valence-electron chi connectivity index (χ0n) is 9.57. The fourth-order valence-corrected chi connectivity index (χ4v) is 2.09. The molecule has 0 unspecified atom stereocenters. The minimum atomic E-state index is -0.500. The molecule has 3 nitrogen and oxygen atoms in total. The molecular formula is C13H10Cl2O3. The number of ether oxygens (including phenoxy) is 1. The van der Waals surface area contributed by atoms with E-state index < -0.39 is 5.97 Å². The van der Waals surface area contributed by atoms with Crippen LogP contribution in [0.1, 0.15) is 21.7 Å². The predicted octanol–water partition coefficient (Wildman–Crippen LogP) is 3.96. The number of benzene rings is 1. The third-order valence-electron chi connectivity index (χ3n) is 2.51. The van der Waals surface area contributed by atoms with Crippen LogP contribution in [-0.2, 0) is 11.2 Å². The molecule has 0 spiro atoms. The molecule has 1 aromatic heterocycles. The van der Waals surface area contributed by atoms with Crippen molar-refractivity contribution in [3.05, 3.63) is 57.5 Å². The maximum Gasteiger partial charge on any atom is 0.374 e. The molecular weight excluding hydrogens is 275 g/mol. The monoisotopic (exact) mass is 284 g/mol. The average Bonchev–Trinajstić information content (AvgIpc) is 2.80. The van der Waals surface area contributed by atoms with Gasteiger partial charge in [0.1, 0.15) is 0 Å². The maximum atomic E-state index is 11.5. The van der Waals surface area contributed by atoms with Crippen LogP contribution in [0.2, 0.25) is 10.0 Å². The first kappa shape index (κ1) is 13.0. The zero-order chi connectivity index (χ0) is 13.1. The van der Waals surface area contributed by atoms with Crippen LogP contribution in [0.4, 0.5) is 0 Å². The van der Waals surface area contributed by atoms with E-state index in [2.05, 4.69) is 4.74 Å². The van der Waals surface area contributed by atoms with Crippen molar-refractivity contribution in [3.63, 3.8) is 0 Å². The van der Waals surface area contributed by atoms with Crippen molar-refractivity contribution in [2.75, 3.05) is 7.11 Å². The summed E-state index contributed by atoms with van der Waals surface area (Å²) < 4.78 is 9.74. The van der Waals surface area contributed by atoms with Gasteiger partial charge in [0.15, 0.2) is 0 Å². The predicted molar refractivity (Wildman–Crippen MR) is 69.3 cm³/mol. The number of esters is 1. The molecule has 2 aromatic rings. The van der Waals surface area contributed by atoms with Crippen molar-refractivity contribution >= 4 is 29.2 Å². The number of hydrogen-bond donors (Lipinski definition) is 0. The minimum absolute atomic E-state index is 0.198. The van der Waals surface area contributed by atoms with Gasteiger partial charge in [-0.05, 0) is 23.8 Å². The summed E-state index contributed by atoms with van der Waals surface area (Å²) >= 11 is 11.9. The molecule has 0 N–H and O–H groups in total. The molecule has 0 saturated carbocycles. The van der Waals surface area contributed by atoms with Crippen molar-refractivity contribution in [2.45, 2.75) is 6.42 Å². The summed E-state index contributed by atoms with van der Waals surface area (Å²) in [5, 5.41) is 1.13. The van der Waals surface area contributed by atoms with Gasteiger partial charge < -0.3 is 9.15 Å². The smallest absolute Gasteiger partial charge is 0.374 e. The summed E-state index contributed by atoms with van der Waals surface area (Å²) in [5.41, 5.74) is 1.60. The number of halogens is 2. The number of rotatable bonds is 3. The van der Waals surface area contributed by atoms with Crippen LogP contribution in [0.25, 0.3) is 0 Å². The fourth-order valence-electron chi connectivity index (χ4n) is 1.62. The highest BCUT2D eigenvalue weighted by molar-refractivity contribution is 6.35. The Morgan fingerprint density at radius 3 is 2.72 bits per heavy atom. The van der Waals surface area contributed by atoms with E-state index in [1.54, 1.807) is 18.2 Å². The summed E-state index contributed by atoms with van der Waals surface area (Å²) in [6.07, 6.45) is 1.93. The molecule has 0 bridgehead atoms. The Labute approximate surface area is 114 Å². The molecule has 1 heterocycles. The van der Waals surface area contributed by atoms with Gasteiger partial charge in [-0.3, -0.25) is 0 Å².